The fourth-order valence-electron chi connectivity index (χ4n) is 3.22. The summed E-state index contributed by atoms with van der Waals surface area (Å²) in [4.78, 5) is 14.5. The Morgan fingerprint density at radius 2 is 1.79 bits per heavy atom. The van der Waals surface area contributed by atoms with E-state index in [4.69, 9.17) is 0 Å². The third kappa shape index (κ3) is 4.37. The molecular formula is C20H25ClN2O. The quantitative estimate of drug-likeness (QED) is 0.913. The van der Waals surface area contributed by atoms with Crippen LogP contribution in [0.15, 0.2) is 54.6 Å². The van der Waals surface area contributed by atoms with E-state index in [0.717, 1.165) is 19.4 Å². The molecule has 2 aromatic rings. The average molecular weight is 345 g/mol. The van der Waals surface area contributed by atoms with Crippen molar-refractivity contribution in [3.63, 3.8) is 0 Å². The van der Waals surface area contributed by atoms with Gasteiger partial charge in [-0.05, 0) is 36.1 Å². The molecule has 0 aromatic heterocycles. The minimum atomic E-state index is -0.0161. The summed E-state index contributed by atoms with van der Waals surface area (Å²) in [7, 11) is 1.90. The summed E-state index contributed by atoms with van der Waals surface area (Å²) in [5.74, 6) is 0.201. The molecule has 1 unspecified atom stereocenters. The Morgan fingerprint density at radius 1 is 1.08 bits per heavy atom. The van der Waals surface area contributed by atoms with Crippen molar-refractivity contribution in [2.24, 2.45) is 0 Å². The number of hydrogen-bond donors (Lipinski definition) is 1. The monoisotopic (exact) mass is 344 g/mol. The van der Waals surface area contributed by atoms with Gasteiger partial charge in [0.25, 0.3) is 0 Å². The molecule has 1 N–H and O–H groups in total. The van der Waals surface area contributed by atoms with E-state index in [1.165, 1.54) is 23.1 Å². The smallest absolute Gasteiger partial charge is 0.239 e. The molecule has 1 aliphatic heterocycles. The highest BCUT2D eigenvalue weighted by Crippen LogP contribution is 2.24. The first-order chi connectivity index (χ1) is 11.3. The van der Waals surface area contributed by atoms with E-state index in [-0.39, 0.29) is 24.4 Å². The standard InChI is InChI=1S/C20H24N2O.ClH/c1-22(20(23)19-13-7-8-14-21-19)15-17-11-5-6-12-18(17)16-9-3-2-4-10-16;/h2-6,9-12,19,21H,7-8,13-15H2,1H3;1H. The van der Waals surface area contributed by atoms with Crippen LogP contribution in [-0.2, 0) is 11.3 Å². The molecule has 0 radical (unpaired) electrons. The van der Waals surface area contributed by atoms with Crippen molar-refractivity contribution in [2.45, 2.75) is 31.8 Å². The van der Waals surface area contributed by atoms with Gasteiger partial charge >= 0.3 is 0 Å². The second-order valence-corrected chi connectivity index (χ2v) is 6.22. The Labute approximate surface area is 150 Å². The molecule has 1 fully saturated rings. The normalized spacial score (nSPS) is 17.0. The molecule has 1 heterocycles. The van der Waals surface area contributed by atoms with E-state index in [2.05, 4.69) is 35.6 Å². The van der Waals surface area contributed by atoms with Gasteiger partial charge in [0.2, 0.25) is 5.91 Å². The van der Waals surface area contributed by atoms with Crippen LogP contribution in [0.5, 0.6) is 0 Å². The number of piperidine rings is 1. The number of likely N-dealkylation sites (N-methyl/N-ethyl adjacent to an activating group) is 1. The number of carbonyl (C=O) groups is 1. The van der Waals surface area contributed by atoms with Crippen LogP contribution in [-0.4, -0.2) is 30.4 Å². The van der Waals surface area contributed by atoms with Crippen molar-refractivity contribution in [3.05, 3.63) is 60.2 Å². The Balaban J connectivity index is 0.00000208. The second kappa shape index (κ2) is 8.86. The largest absolute Gasteiger partial charge is 0.340 e. The topological polar surface area (TPSA) is 32.3 Å². The first kappa shape index (κ1) is 18.5. The summed E-state index contributed by atoms with van der Waals surface area (Å²) in [5, 5.41) is 3.34. The minimum absolute atomic E-state index is 0. The second-order valence-electron chi connectivity index (χ2n) is 6.22. The molecule has 1 amide bonds. The Kier molecular flexibility index (Phi) is 6.83. The van der Waals surface area contributed by atoms with E-state index >= 15 is 0 Å². The number of carbonyl (C=O) groups excluding carboxylic acids is 1. The van der Waals surface area contributed by atoms with Crippen LogP contribution < -0.4 is 5.32 Å². The highest BCUT2D eigenvalue weighted by atomic mass is 35.5. The third-order valence-electron chi connectivity index (χ3n) is 4.49. The minimum Gasteiger partial charge on any atom is -0.340 e. The van der Waals surface area contributed by atoms with Gasteiger partial charge in [0.15, 0.2) is 0 Å². The first-order valence-corrected chi connectivity index (χ1v) is 8.37. The molecule has 3 rings (SSSR count). The highest BCUT2D eigenvalue weighted by molar-refractivity contribution is 5.85. The number of nitrogens with one attached hydrogen (secondary N) is 1. The molecule has 0 aliphatic carbocycles. The first-order valence-electron chi connectivity index (χ1n) is 8.37. The lowest BCUT2D eigenvalue weighted by molar-refractivity contribution is -0.133. The van der Waals surface area contributed by atoms with Crippen molar-refractivity contribution < 1.29 is 4.79 Å². The third-order valence-corrected chi connectivity index (χ3v) is 4.49. The van der Waals surface area contributed by atoms with Crippen LogP contribution in [0, 0.1) is 0 Å². The number of hydrogen-bond acceptors (Lipinski definition) is 2. The summed E-state index contributed by atoms with van der Waals surface area (Å²) < 4.78 is 0. The van der Waals surface area contributed by atoms with Gasteiger partial charge in [-0.15, -0.1) is 12.4 Å². The summed E-state index contributed by atoms with van der Waals surface area (Å²) >= 11 is 0. The van der Waals surface area contributed by atoms with Crippen LogP contribution in [0.4, 0.5) is 0 Å². The van der Waals surface area contributed by atoms with Gasteiger partial charge in [0.05, 0.1) is 6.04 Å². The Bertz CT molecular complexity index is 654. The predicted octanol–water partition coefficient (Wildman–Crippen LogP) is 3.88. The molecule has 4 heteroatoms. The maximum atomic E-state index is 12.6. The molecule has 0 bridgehead atoms. The molecule has 128 valence electrons. The highest BCUT2D eigenvalue weighted by Gasteiger charge is 2.23. The van der Waals surface area contributed by atoms with Gasteiger partial charge in [-0.25, -0.2) is 0 Å². The molecule has 2 aromatic carbocycles. The van der Waals surface area contributed by atoms with Crippen LogP contribution in [0.3, 0.4) is 0 Å². The Morgan fingerprint density at radius 3 is 2.50 bits per heavy atom. The SMILES string of the molecule is CN(Cc1ccccc1-c1ccccc1)C(=O)C1CCCCN1.Cl. The molecular weight excluding hydrogens is 320 g/mol. The van der Waals surface area contributed by atoms with Crippen LogP contribution in [0.2, 0.25) is 0 Å². The molecule has 1 saturated heterocycles. The zero-order valence-corrected chi connectivity index (χ0v) is 14.9. The van der Waals surface area contributed by atoms with Crippen molar-refractivity contribution in [2.75, 3.05) is 13.6 Å². The number of halogens is 1. The van der Waals surface area contributed by atoms with Crippen LogP contribution in [0.1, 0.15) is 24.8 Å². The zero-order chi connectivity index (χ0) is 16.1. The lowest BCUT2D eigenvalue weighted by atomic mass is 9.99. The zero-order valence-electron chi connectivity index (χ0n) is 14.1. The molecule has 3 nitrogen and oxygen atoms in total. The average Bonchev–Trinajstić information content (AvgIpc) is 2.63. The number of rotatable bonds is 4. The van der Waals surface area contributed by atoms with E-state index in [1.807, 2.05) is 36.2 Å². The van der Waals surface area contributed by atoms with E-state index in [1.54, 1.807) is 0 Å². The van der Waals surface area contributed by atoms with Gasteiger partial charge < -0.3 is 10.2 Å². The van der Waals surface area contributed by atoms with Crippen molar-refractivity contribution >= 4 is 18.3 Å². The van der Waals surface area contributed by atoms with E-state index in [9.17, 15) is 4.79 Å². The molecule has 1 aliphatic rings. The maximum Gasteiger partial charge on any atom is 0.239 e. The number of benzene rings is 2. The van der Waals surface area contributed by atoms with Crippen molar-refractivity contribution in [1.29, 1.82) is 0 Å². The van der Waals surface area contributed by atoms with Gasteiger partial charge in [0, 0.05) is 13.6 Å². The molecule has 0 saturated carbocycles. The van der Waals surface area contributed by atoms with Gasteiger partial charge in [-0.3, -0.25) is 4.79 Å². The van der Waals surface area contributed by atoms with Crippen LogP contribution in [0.25, 0.3) is 11.1 Å². The van der Waals surface area contributed by atoms with Gasteiger partial charge in [-0.1, -0.05) is 61.0 Å². The van der Waals surface area contributed by atoms with Gasteiger partial charge in [-0.2, -0.15) is 0 Å². The molecule has 0 spiro atoms. The molecule has 24 heavy (non-hydrogen) atoms. The maximum absolute atomic E-state index is 12.6. The summed E-state index contributed by atoms with van der Waals surface area (Å²) in [6, 6.07) is 18.7. The Hall–Kier alpha value is -1.84. The van der Waals surface area contributed by atoms with Gasteiger partial charge in [0.1, 0.15) is 0 Å². The van der Waals surface area contributed by atoms with Crippen molar-refractivity contribution in [1.82, 2.24) is 10.2 Å². The predicted molar refractivity (Wildman–Crippen MR) is 101 cm³/mol. The van der Waals surface area contributed by atoms with Crippen LogP contribution >= 0.6 is 12.4 Å². The van der Waals surface area contributed by atoms with E-state index in [0.29, 0.717) is 6.54 Å². The number of nitrogens with zero attached hydrogens (tertiary/aromatic N) is 1. The fraction of sp³-hybridized carbons (Fsp3) is 0.350. The van der Waals surface area contributed by atoms with E-state index < -0.39 is 0 Å². The van der Waals surface area contributed by atoms with Crippen molar-refractivity contribution in [3.8, 4) is 11.1 Å². The lowest BCUT2D eigenvalue weighted by Crippen LogP contribution is -2.47. The molecule has 1 atom stereocenters. The summed E-state index contributed by atoms with van der Waals surface area (Å²) in [6.07, 6.45) is 3.26. The fourth-order valence-corrected chi connectivity index (χ4v) is 3.22. The summed E-state index contributed by atoms with van der Waals surface area (Å²) in [5.41, 5.74) is 3.58. The number of amides is 1. The summed E-state index contributed by atoms with van der Waals surface area (Å²) in [6.45, 7) is 1.59. The lowest BCUT2D eigenvalue weighted by Gasteiger charge is -2.28.